The summed E-state index contributed by atoms with van der Waals surface area (Å²) in [5.74, 6) is 0.703. The van der Waals surface area contributed by atoms with E-state index in [1.54, 1.807) is 24.5 Å². The lowest BCUT2D eigenvalue weighted by atomic mass is 10.2. The Balaban J connectivity index is 1.90. The third kappa shape index (κ3) is 2.12. The Labute approximate surface area is 112 Å². The molecule has 1 aromatic carbocycles. The van der Waals surface area contributed by atoms with Gasteiger partial charge in [-0.25, -0.2) is 9.97 Å². The van der Waals surface area contributed by atoms with E-state index in [4.69, 9.17) is 11.6 Å². The van der Waals surface area contributed by atoms with E-state index in [2.05, 4.69) is 24.0 Å². The first-order valence-corrected chi connectivity index (χ1v) is 6.36. The number of nitrogens with zero attached hydrogens (tertiary/aromatic N) is 4. The van der Waals surface area contributed by atoms with Gasteiger partial charge in [0.2, 0.25) is 0 Å². The van der Waals surface area contributed by atoms with Crippen LogP contribution in [-0.2, 0) is 6.54 Å². The van der Waals surface area contributed by atoms with Crippen LogP contribution in [0.5, 0.6) is 0 Å². The lowest BCUT2D eigenvalue weighted by Crippen LogP contribution is -2.04. The molecule has 0 saturated carbocycles. The lowest BCUT2D eigenvalue weighted by molar-refractivity contribution is 0.949. The van der Waals surface area contributed by atoms with Crippen LogP contribution in [0.3, 0.4) is 0 Å². The largest absolute Gasteiger partial charge is 0.375 e. The minimum atomic E-state index is 0.497. The highest BCUT2D eigenvalue weighted by molar-refractivity contribution is 7.00. The molecule has 90 valence electrons. The molecule has 0 unspecified atom stereocenters. The molecule has 0 radical (unpaired) electrons. The van der Waals surface area contributed by atoms with Crippen molar-refractivity contribution in [2.75, 3.05) is 5.32 Å². The molecule has 18 heavy (non-hydrogen) atoms. The minimum Gasteiger partial charge on any atom is -0.375 e. The number of nitrogens with one attached hydrogen (secondary N) is 1. The molecule has 1 N–H and O–H groups in total. The highest BCUT2D eigenvalue weighted by Crippen LogP contribution is 2.29. The highest BCUT2D eigenvalue weighted by atomic mass is 35.5. The van der Waals surface area contributed by atoms with Gasteiger partial charge in [0.1, 0.15) is 16.9 Å². The van der Waals surface area contributed by atoms with Gasteiger partial charge in [-0.1, -0.05) is 11.6 Å². The maximum absolute atomic E-state index is 6.16. The second kappa shape index (κ2) is 4.83. The second-order valence-corrected chi connectivity index (χ2v) is 4.51. The van der Waals surface area contributed by atoms with Gasteiger partial charge in [-0.05, 0) is 18.2 Å². The van der Waals surface area contributed by atoms with Crippen molar-refractivity contribution in [2.45, 2.75) is 6.54 Å². The molecule has 0 spiro atoms. The Kier molecular flexibility index (Phi) is 3.04. The van der Waals surface area contributed by atoms with Gasteiger partial charge in [0, 0.05) is 12.4 Å². The van der Waals surface area contributed by atoms with Gasteiger partial charge in [0.25, 0.3) is 0 Å². The summed E-state index contributed by atoms with van der Waals surface area (Å²) in [6, 6.07) is 5.44. The van der Waals surface area contributed by atoms with Crippen molar-refractivity contribution in [3.63, 3.8) is 0 Å². The summed E-state index contributed by atoms with van der Waals surface area (Å²) in [5.41, 5.74) is 2.39. The van der Waals surface area contributed by atoms with Crippen molar-refractivity contribution < 1.29 is 0 Å². The van der Waals surface area contributed by atoms with Crippen molar-refractivity contribution in [1.29, 1.82) is 0 Å². The number of aromatic nitrogens is 4. The zero-order valence-electron chi connectivity index (χ0n) is 9.17. The Hall–Kier alpha value is -1.79. The molecule has 0 aliphatic heterocycles. The van der Waals surface area contributed by atoms with Gasteiger partial charge in [0.05, 0.1) is 29.0 Å². The number of hydrogen-bond donors (Lipinski definition) is 1. The molecular weight excluding hydrogens is 270 g/mol. The molecule has 0 aliphatic carbocycles. The molecule has 0 fully saturated rings. The molecule has 7 heteroatoms. The van der Waals surface area contributed by atoms with E-state index < -0.39 is 0 Å². The van der Waals surface area contributed by atoms with Crippen LogP contribution in [0.15, 0.2) is 30.6 Å². The summed E-state index contributed by atoms with van der Waals surface area (Å²) in [7, 11) is 0. The normalized spacial score (nSPS) is 10.7. The van der Waals surface area contributed by atoms with Gasteiger partial charge in [-0.15, -0.1) is 0 Å². The molecule has 0 saturated heterocycles. The minimum absolute atomic E-state index is 0.497. The zero-order valence-corrected chi connectivity index (χ0v) is 10.7. The number of hydrogen-bond acceptors (Lipinski definition) is 6. The Morgan fingerprint density at radius 3 is 2.83 bits per heavy atom. The lowest BCUT2D eigenvalue weighted by Gasteiger charge is -2.07. The van der Waals surface area contributed by atoms with Gasteiger partial charge < -0.3 is 5.32 Å². The zero-order chi connectivity index (χ0) is 12.4. The van der Waals surface area contributed by atoms with Crippen molar-refractivity contribution in [3.05, 3.63) is 41.4 Å². The van der Waals surface area contributed by atoms with Gasteiger partial charge >= 0.3 is 0 Å². The molecule has 3 rings (SSSR count). The van der Waals surface area contributed by atoms with Crippen LogP contribution >= 0.6 is 23.3 Å². The van der Waals surface area contributed by atoms with E-state index in [9.17, 15) is 0 Å². The number of halogens is 1. The van der Waals surface area contributed by atoms with Crippen molar-refractivity contribution in [2.24, 2.45) is 0 Å². The fraction of sp³-hybridized carbons (Fsp3) is 0.0909. The van der Waals surface area contributed by atoms with Gasteiger partial charge in [-0.3, -0.25) is 0 Å². The first kappa shape index (κ1) is 11.3. The molecule has 0 amide bonds. The van der Waals surface area contributed by atoms with Crippen LogP contribution in [0.2, 0.25) is 5.02 Å². The topological polar surface area (TPSA) is 63.6 Å². The van der Waals surface area contributed by atoms with Crippen molar-refractivity contribution >= 4 is 40.0 Å². The standard InChI is InChI=1S/C11H8ClN5S/c12-7-2-3-8-11(17-18-16-8)10(7)15-6-9-13-4-1-5-14-9/h1-5,15H,6H2. The molecule has 2 heterocycles. The van der Waals surface area contributed by atoms with E-state index in [1.807, 2.05) is 6.07 Å². The van der Waals surface area contributed by atoms with Crippen molar-refractivity contribution in [1.82, 2.24) is 18.7 Å². The average molecular weight is 278 g/mol. The quantitative estimate of drug-likeness (QED) is 0.797. The molecular formula is C11H8ClN5S. The fourth-order valence-corrected chi connectivity index (χ4v) is 2.35. The third-order valence-electron chi connectivity index (χ3n) is 2.42. The van der Waals surface area contributed by atoms with E-state index in [0.717, 1.165) is 16.7 Å². The summed E-state index contributed by atoms with van der Waals surface area (Å²) in [6.45, 7) is 0.497. The van der Waals surface area contributed by atoms with Crippen molar-refractivity contribution in [3.8, 4) is 0 Å². The summed E-state index contributed by atoms with van der Waals surface area (Å²) >= 11 is 7.33. The van der Waals surface area contributed by atoms with Crippen LogP contribution in [0.25, 0.3) is 11.0 Å². The van der Waals surface area contributed by atoms with Crippen LogP contribution in [-0.4, -0.2) is 18.7 Å². The monoisotopic (exact) mass is 277 g/mol. The number of benzene rings is 1. The van der Waals surface area contributed by atoms with Gasteiger partial charge in [0.15, 0.2) is 0 Å². The van der Waals surface area contributed by atoms with E-state index in [1.165, 1.54) is 11.7 Å². The molecule has 3 aromatic rings. The SMILES string of the molecule is Clc1ccc2nsnc2c1NCc1ncccn1. The summed E-state index contributed by atoms with van der Waals surface area (Å²) in [4.78, 5) is 8.28. The van der Waals surface area contributed by atoms with Crippen LogP contribution in [0, 0.1) is 0 Å². The predicted molar refractivity (Wildman–Crippen MR) is 71.8 cm³/mol. The summed E-state index contributed by atoms with van der Waals surface area (Å²) in [5, 5.41) is 3.82. The average Bonchev–Trinajstić information content (AvgIpc) is 2.87. The van der Waals surface area contributed by atoms with E-state index >= 15 is 0 Å². The maximum Gasteiger partial charge on any atom is 0.147 e. The third-order valence-corrected chi connectivity index (χ3v) is 3.28. The molecule has 2 aromatic heterocycles. The first-order chi connectivity index (χ1) is 8.84. The number of anilines is 1. The smallest absolute Gasteiger partial charge is 0.147 e. The Bertz CT molecular complexity index is 670. The summed E-state index contributed by atoms with van der Waals surface area (Å²) < 4.78 is 8.41. The summed E-state index contributed by atoms with van der Waals surface area (Å²) in [6.07, 6.45) is 3.41. The Morgan fingerprint density at radius 1 is 1.17 bits per heavy atom. The van der Waals surface area contributed by atoms with Crippen LogP contribution in [0.4, 0.5) is 5.69 Å². The molecule has 0 aliphatic rings. The van der Waals surface area contributed by atoms with Crippen LogP contribution < -0.4 is 5.32 Å². The Morgan fingerprint density at radius 2 is 2.00 bits per heavy atom. The second-order valence-electron chi connectivity index (χ2n) is 3.57. The van der Waals surface area contributed by atoms with Crippen LogP contribution in [0.1, 0.15) is 5.82 Å². The predicted octanol–water partition coefficient (Wildman–Crippen LogP) is 2.75. The van der Waals surface area contributed by atoms with E-state index in [-0.39, 0.29) is 0 Å². The van der Waals surface area contributed by atoms with E-state index in [0.29, 0.717) is 17.4 Å². The molecule has 5 nitrogen and oxygen atoms in total. The molecule has 0 atom stereocenters. The number of rotatable bonds is 3. The first-order valence-electron chi connectivity index (χ1n) is 5.25. The maximum atomic E-state index is 6.16. The molecule has 0 bridgehead atoms. The highest BCUT2D eigenvalue weighted by Gasteiger charge is 2.09. The number of fused-ring (bicyclic) bond motifs is 1. The fourth-order valence-electron chi connectivity index (χ4n) is 1.58. The van der Waals surface area contributed by atoms with Gasteiger partial charge in [-0.2, -0.15) is 8.75 Å².